The largest absolute Gasteiger partial charge is 0.457 e. The normalized spacial score (nSPS) is 11.0. The first-order chi connectivity index (χ1) is 13.3. The second kappa shape index (κ2) is 7.82. The van der Waals surface area contributed by atoms with E-state index in [-0.39, 0.29) is 12.6 Å². The van der Waals surface area contributed by atoms with Gasteiger partial charge in [0.05, 0.1) is 5.69 Å². The summed E-state index contributed by atoms with van der Waals surface area (Å²) < 4.78 is 6.91. The summed E-state index contributed by atoms with van der Waals surface area (Å²) in [4.78, 5) is 15.3. The molecule has 7 nitrogen and oxygen atoms in total. The fraction of sp³-hybridized carbons (Fsp3) is 0.200. The number of aryl methyl sites for hydroxylation is 1. The third kappa shape index (κ3) is 3.87. The summed E-state index contributed by atoms with van der Waals surface area (Å²) in [5, 5.41) is 12.8. The van der Waals surface area contributed by atoms with E-state index in [2.05, 4.69) is 26.6 Å². The van der Waals surface area contributed by atoms with Crippen LogP contribution in [0.15, 0.2) is 60.8 Å². The van der Waals surface area contributed by atoms with Crippen molar-refractivity contribution in [3.05, 3.63) is 72.2 Å². The van der Waals surface area contributed by atoms with Gasteiger partial charge in [0.1, 0.15) is 0 Å². The summed E-state index contributed by atoms with van der Waals surface area (Å²) in [7, 11) is 0. The van der Waals surface area contributed by atoms with Gasteiger partial charge in [0.25, 0.3) is 0 Å². The molecule has 0 saturated heterocycles. The van der Waals surface area contributed by atoms with E-state index in [1.54, 1.807) is 4.68 Å². The van der Waals surface area contributed by atoms with Crippen LogP contribution in [0.1, 0.15) is 24.2 Å². The number of rotatable bonds is 7. The molecule has 0 fully saturated rings. The van der Waals surface area contributed by atoms with Crippen LogP contribution < -0.4 is 0 Å². The summed E-state index contributed by atoms with van der Waals surface area (Å²) >= 11 is 0. The van der Waals surface area contributed by atoms with Crippen molar-refractivity contribution in [2.24, 2.45) is 0 Å². The zero-order valence-electron chi connectivity index (χ0n) is 14.7. The van der Waals surface area contributed by atoms with E-state index in [1.165, 1.54) is 10.9 Å². The topological polar surface area (TPSA) is 85.7 Å². The van der Waals surface area contributed by atoms with Gasteiger partial charge >= 0.3 is 5.97 Å². The zero-order valence-corrected chi connectivity index (χ0v) is 14.7. The number of H-pyrrole nitrogens is 1. The molecule has 0 amide bonds. The number of aromatic nitrogens is 5. The lowest BCUT2D eigenvalue weighted by Crippen LogP contribution is -2.09. The summed E-state index contributed by atoms with van der Waals surface area (Å²) in [5.74, 6) is 0.239. The minimum Gasteiger partial charge on any atom is -0.457 e. The Morgan fingerprint density at radius 1 is 1.07 bits per heavy atom. The highest BCUT2D eigenvalue weighted by atomic mass is 16.5. The number of tetrazole rings is 1. The van der Waals surface area contributed by atoms with Gasteiger partial charge < -0.3 is 9.72 Å². The summed E-state index contributed by atoms with van der Waals surface area (Å²) in [5.41, 5.74) is 3.15. The highest BCUT2D eigenvalue weighted by Gasteiger charge is 2.11. The molecule has 1 N–H and O–H groups in total. The molecule has 0 radical (unpaired) electrons. The molecule has 0 bridgehead atoms. The number of nitrogens with one attached hydrogen (secondary N) is 1. The summed E-state index contributed by atoms with van der Waals surface area (Å²) in [6.45, 7) is 0.0494. The second-order valence-electron chi connectivity index (χ2n) is 6.22. The standard InChI is InChI=1S/C20H19N5O2/c26-20(12-6-7-15-13-21-18-11-5-4-10-17(15)18)27-14-19-22-23-24-25(19)16-8-2-1-3-9-16/h1-5,8-11,13,21H,6-7,12,14H2. The Balaban J connectivity index is 1.29. The van der Waals surface area contributed by atoms with Crippen LogP contribution in [0.25, 0.3) is 16.6 Å². The number of benzene rings is 2. The van der Waals surface area contributed by atoms with Gasteiger partial charge in [-0.1, -0.05) is 36.4 Å². The van der Waals surface area contributed by atoms with E-state index in [4.69, 9.17) is 4.74 Å². The number of carbonyl (C=O) groups is 1. The Morgan fingerprint density at radius 3 is 2.78 bits per heavy atom. The molecule has 2 aromatic heterocycles. The van der Waals surface area contributed by atoms with Crippen LogP contribution >= 0.6 is 0 Å². The number of hydrogen-bond donors (Lipinski definition) is 1. The highest BCUT2D eigenvalue weighted by molar-refractivity contribution is 5.83. The number of carbonyl (C=O) groups excluding carboxylic acids is 1. The minimum atomic E-state index is -0.252. The van der Waals surface area contributed by atoms with Crippen molar-refractivity contribution in [3.63, 3.8) is 0 Å². The first-order valence-electron chi connectivity index (χ1n) is 8.84. The third-order valence-electron chi connectivity index (χ3n) is 4.40. The van der Waals surface area contributed by atoms with Gasteiger partial charge in [-0.15, -0.1) is 5.10 Å². The first kappa shape index (κ1) is 17.0. The average Bonchev–Trinajstić information content (AvgIpc) is 3.34. The number of hydrogen-bond acceptors (Lipinski definition) is 5. The lowest BCUT2D eigenvalue weighted by Gasteiger charge is -2.06. The van der Waals surface area contributed by atoms with Gasteiger partial charge in [-0.25, -0.2) is 0 Å². The SMILES string of the molecule is O=C(CCCc1c[nH]c2ccccc12)OCc1nnnn1-c1ccccc1. The summed E-state index contributed by atoms with van der Waals surface area (Å²) in [6, 6.07) is 17.7. The Kier molecular flexibility index (Phi) is 4.91. The van der Waals surface area contributed by atoms with Crippen LogP contribution in [0.5, 0.6) is 0 Å². The van der Waals surface area contributed by atoms with Gasteiger partial charge in [0.15, 0.2) is 12.4 Å². The van der Waals surface area contributed by atoms with Gasteiger partial charge in [-0.3, -0.25) is 4.79 Å². The smallest absolute Gasteiger partial charge is 0.306 e. The van der Waals surface area contributed by atoms with Gasteiger partial charge in [0.2, 0.25) is 0 Å². The lowest BCUT2D eigenvalue weighted by atomic mass is 10.1. The lowest BCUT2D eigenvalue weighted by molar-refractivity contribution is -0.145. The maximum absolute atomic E-state index is 12.1. The van der Waals surface area contributed by atoms with E-state index in [0.29, 0.717) is 12.2 Å². The monoisotopic (exact) mass is 361 g/mol. The minimum absolute atomic E-state index is 0.0494. The number of esters is 1. The molecule has 4 rings (SSSR count). The van der Waals surface area contributed by atoms with Crippen LogP contribution in [0.3, 0.4) is 0 Å². The molecule has 2 heterocycles. The predicted molar refractivity (Wildman–Crippen MR) is 100 cm³/mol. The zero-order chi connectivity index (χ0) is 18.5. The second-order valence-corrected chi connectivity index (χ2v) is 6.22. The highest BCUT2D eigenvalue weighted by Crippen LogP contribution is 2.19. The van der Waals surface area contributed by atoms with Crippen molar-refractivity contribution in [1.82, 2.24) is 25.2 Å². The van der Waals surface area contributed by atoms with E-state index in [1.807, 2.05) is 54.7 Å². The average molecular weight is 361 g/mol. The molecule has 0 aliphatic carbocycles. The summed E-state index contributed by atoms with van der Waals surface area (Å²) in [6.07, 6.45) is 3.90. The Morgan fingerprint density at radius 2 is 1.89 bits per heavy atom. The Labute approximate surface area is 156 Å². The quantitative estimate of drug-likeness (QED) is 0.511. The van der Waals surface area contributed by atoms with Crippen LogP contribution in [0.2, 0.25) is 0 Å². The number of nitrogens with zero attached hydrogens (tertiary/aromatic N) is 4. The Bertz CT molecular complexity index is 1040. The maximum Gasteiger partial charge on any atom is 0.306 e. The van der Waals surface area contributed by atoms with Crippen molar-refractivity contribution in [1.29, 1.82) is 0 Å². The fourth-order valence-corrected chi connectivity index (χ4v) is 3.04. The van der Waals surface area contributed by atoms with E-state index in [9.17, 15) is 4.79 Å². The van der Waals surface area contributed by atoms with Gasteiger partial charge in [-0.2, -0.15) is 4.68 Å². The fourth-order valence-electron chi connectivity index (χ4n) is 3.04. The number of ether oxygens (including phenoxy) is 1. The van der Waals surface area contributed by atoms with E-state index >= 15 is 0 Å². The molecule has 0 aliphatic rings. The molecule has 4 aromatic rings. The first-order valence-corrected chi connectivity index (χ1v) is 8.84. The van der Waals surface area contributed by atoms with E-state index < -0.39 is 0 Å². The van der Waals surface area contributed by atoms with Gasteiger partial charge in [-0.05, 0) is 47.0 Å². The molecule has 7 heteroatoms. The van der Waals surface area contributed by atoms with Crippen molar-refractivity contribution >= 4 is 16.9 Å². The molecule has 2 aromatic carbocycles. The van der Waals surface area contributed by atoms with Crippen LogP contribution in [-0.4, -0.2) is 31.2 Å². The van der Waals surface area contributed by atoms with E-state index in [0.717, 1.165) is 24.0 Å². The molecule has 0 saturated carbocycles. The molecule has 0 atom stereocenters. The van der Waals surface area contributed by atoms with Gasteiger partial charge in [0, 0.05) is 23.5 Å². The maximum atomic E-state index is 12.1. The van der Waals surface area contributed by atoms with Crippen molar-refractivity contribution in [2.45, 2.75) is 25.9 Å². The van der Waals surface area contributed by atoms with Crippen molar-refractivity contribution < 1.29 is 9.53 Å². The van der Waals surface area contributed by atoms with Crippen LogP contribution in [0, 0.1) is 0 Å². The third-order valence-corrected chi connectivity index (χ3v) is 4.40. The molecular formula is C20H19N5O2. The van der Waals surface area contributed by atoms with Crippen LogP contribution in [-0.2, 0) is 22.6 Å². The van der Waals surface area contributed by atoms with Crippen LogP contribution in [0.4, 0.5) is 0 Å². The number of para-hydroxylation sites is 2. The number of aromatic amines is 1. The van der Waals surface area contributed by atoms with Crippen molar-refractivity contribution in [3.8, 4) is 5.69 Å². The molecule has 136 valence electrons. The molecule has 27 heavy (non-hydrogen) atoms. The molecule has 0 aliphatic heterocycles. The Hall–Kier alpha value is -3.48. The van der Waals surface area contributed by atoms with Crippen molar-refractivity contribution in [2.75, 3.05) is 0 Å². The number of fused-ring (bicyclic) bond motifs is 1. The molecular weight excluding hydrogens is 342 g/mol. The molecule has 0 unspecified atom stereocenters. The molecule has 0 spiro atoms. The predicted octanol–water partition coefficient (Wildman–Crippen LogP) is 3.21.